The predicted molar refractivity (Wildman–Crippen MR) is 69.0 cm³/mol. The molecule has 3 nitrogen and oxygen atoms in total. The van der Waals surface area contributed by atoms with Gasteiger partial charge in [-0.15, -0.1) is 0 Å². The quantitative estimate of drug-likeness (QED) is 0.838. The van der Waals surface area contributed by atoms with Crippen molar-refractivity contribution in [2.45, 2.75) is 13.5 Å². The van der Waals surface area contributed by atoms with Crippen molar-refractivity contribution in [3.8, 4) is 11.5 Å². The van der Waals surface area contributed by atoms with Crippen molar-refractivity contribution in [3.63, 3.8) is 0 Å². The van der Waals surface area contributed by atoms with Crippen LogP contribution in [-0.4, -0.2) is 11.4 Å². The SMILES string of the molecule is Cc1cccc(C=O)c1OCc1ccc(O)cc1. The van der Waals surface area contributed by atoms with E-state index in [4.69, 9.17) is 4.74 Å². The lowest BCUT2D eigenvalue weighted by Crippen LogP contribution is -2.00. The smallest absolute Gasteiger partial charge is 0.153 e. The lowest BCUT2D eigenvalue weighted by molar-refractivity contribution is 0.111. The van der Waals surface area contributed by atoms with Gasteiger partial charge in [0.2, 0.25) is 0 Å². The van der Waals surface area contributed by atoms with Gasteiger partial charge in [0, 0.05) is 0 Å². The summed E-state index contributed by atoms with van der Waals surface area (Å²) in [6, 6.07) is 12.2. The van der Waals surface area contributed by atoms with Crippen LogP contribution >= 0.6 is 0 Å². The van der Waals surface area contributed by atoms with Gasteiger partial charge < -0.3 is 9.84 Å². The first-order valence-corrected chi connectivity index (χ1v) is 5.66. The molecule has 0 saturated carbocycles. The minimum atomic E-state index is 0.225. The molecule has 0 atom stereocenters. The molecule has 0 amide bonds. The number of ether oxygens (including phenoxy) is 1. The average molecular weight is 242 g/mol. The molecule has 1 N–H and O–H groups in total. The van der Waals surface area contributed by atoms with E-state index in [1.165, 1.54) is 0 Å². The molecule has 18 heavy (non-hydrogen) atoms. The lowest BCUT2D eigenvalue weighted by Gasteiger charge is -2.11. The third-order valence-corrected chi connectivity index (χ3v) is 2.69. The number of phenols is 1. The second-order valence-corrected chi connectivity index (χ2v) is 4.07. The summed E-state index contributed by atoms with van der Waals surface area (Å²) in [5, 5.41) is 9.18. The minimum absolute atomic E-state index is 0.225. The molecule has 0 radical (unpaired) electrons. The molecule has 0 heterocycles. The Morgan fingerprint density at radius 2 is 1.89 bits per heavy atom. The van der Waals surface area contributed by atoms with Crippen molar-refractivity contribution in [2.75, 3.05) is 0 Å². The largest absolute Gasteiger partial charge is 0.508 e. The Hall–Kier alpha value is -2.29. The van der Waals surface area contributed by atoms with Gasteiger partial charge in [0.25, 0.3) is 0 Å². The zero-order valence-electron chi connectivity index (χ0n) is 10.1. The summed E-state index contributed by atoms with van der Waals surface area (Å²) in [7, 11) is 0. The maximum Gasteiger partial charge on any atom is 0.153 e. The second-order valence-electron chi connectivity index (χ2n) is 4.07. The number of carbonyl (C=O) groups is 1. The van der Waals surface area contributed by atoms with Crippen molar-refractivity contribution >= 4 is 6.29 Å². The van der Waals surface area contributed by atoms with E-state index in [0.29, 0.717) is 17.9 Å². The maximum atomic E-state index is 10.9. The summed E-state index contributed by atoms with van der Waals surface area (Å²) in [6.45, 7) is 2.27. The lowest BCUT2D eigenvalue weighted by atomic mass is 10.1. The van der Waals surface area contributed by atoms with E-state index in [0.717, 1.165) is 17.4 Å². The van der Waals surface area contributed by atoms with Gasteiger partial charge in [-0.3, -0.25) is 4.79 Å². The van der Waals surface area contributed by atoms with Crippen molar-refractivity contribution in [1.29, 1.82) is 0 Å². The Morgan fingerprint density at radius 1 is 1.17 bits per heavy atom. The highest BCUT2D eigenvalue weighted by molar-refractivity contribution is 5.80. The minimum Gasteiger partial charge on any atom is -0.508 e. The van der Waals surface area contributed by atoms with Crippen LogP contribution in [0, 0.1) is 6.92 Å². The fourth-order valence-electron chi connectivity index (χ4n) is 1.71. The zero-order valence-corrected chi connectivity index (χ0v) is 10.1. The molecule has 0 saturated heterocycles. The van der Waals surface area contributed by atoms with Gasteiger partial charge >= 0.3 is 0 Å². The maximum absolute atomic E-state index is 10.9. The first kappa shape index (κ1) is 12.2. The number of aromatic hydroxyl groups is 1. The van der Waals surface area contributed by atoms with E-state index in [2.05, 4.69) is 0 Å². The summed E-state index contributed by atoms with van der Waals surface area (Å²) in [5.41, 5.74) is 2.42. The van der Waals surface area contributed by atoms with Crippen LogP contribution in [0.2, 0.25) is 0 Å². The Balaban J connectivity index is 2.15. The van der Waals surface area contributed by atoms with Crippen LogP contribution in [-0.2, 0) is 6.61 Å². The van der Waals surface area contributed by atoms with Gasteiger partial charge in [-0.2, -0.15) is 0 Å². The summed E-state index contributed by atoms with van der Waals surface area (Å²) in [4.78, 5) is 10.9. The number of aldehydes is 1. The number of carbonyl (C=O) groups excluding carboxylic acids is 1. The van der Waals surface area contributed by atoms with Gasteiger partial charge in [-0.05, 0) is 36.2 Å². The Morgan fingerprint density at radius 3 is 2.56 bits per heavy atom. The topological polar surface area (TPSA) is 46.5 Å². The number of hydrogen-bond acceptors (Lipinski definition) is 3. The van der Waals surface area contributed by atoms with Gasteiger partial charge in [-0.1, -0.05) is 24.3 Å². The average Bonchev–Trinajstić information content (AvgIpc) is 2.39. The zero-order chi connectivity index (χ0) is 13.0. The van der Waals surface area contributed by atoms with Crippen LogP contribution in [0.4, 0.5) is 0 Å². The number of aryl methyl sites for hydroxylation is 1. The van der Waals surface area contributed by atoms with E-state index >= 15 is 0 Å². The third kappa shape index (κ3) is 2.69. The fraction of sp³-hybridized carbons (Fsp3) is 0.133. The van der Waals surface area contributed by atoms with Crippen molar-refractivity contribution in [1.82, 2.24) is 0 Å². The van der Waals surface area contributed by atoms with Gasteiger partial charge in [-0.25, -0.2) is 0 Å². The molecular weight excluding hydrogens is 228 g/mol. The molecule has 0 unspecified atom stereocenters. The third-order valence-electron chi connectivity index (χ3n) is 2.69. The van der Waals surface area contributed by atoms with Crippen molar-refractivity contribution in [3.05, 3.63) is 59.2 Å². The number of hydrogen-bond donors (Lipinski definition) is 1. The van der Waals surface area contributed by atoms with Gasteiger partial charge in [0.1, 0.15) is 18.1 Å². The van der Waals surface area contributed by atoms with Crippen molar-refractivity contribution in [2.24, 2.45) is 0 Å². The fourth-order valence-corrected chi connectivity index (χ4v) is 1.71. The number of para-hydroxylation sites is 1. The molecular formula is C15H14O3. The molecule has 0 spiro atoms. The molecule has 0 aliphatic rings. The molecule has 0 aromatic heterocycles. The molecule has 3 heteroatoms. The predicted octanol–water partition coefficient (Wildman–Crippen LogP) is 3.09. The first-order valence-electron chi connectivity index (χ1n) is 5.66. The second kappa shape index (κ2) is 5.36. The van der Waals surface area contributed by atoms with Crippen LogP contribution in [0.25, 0.3) is 0 Å². The summed E-state index contributed by atoms with van der Waals surface area (Å²) >= 11 is 0. The molecule has 2 rings (SSSR count). The molecule has 0 aliphatic carbocycles. The van der Waals surface area contributed by atoms with E-state index in [1.807, 2.05) is 19.1 Å². The van der Waals surface area contributed by atoms with Crippen LogP contribution in [0.5, 0.6) is 11.5 Å². The molecule has 0 bridgehead atoms. The Kier molecular flexibility index (Phi) is 3.63. The van der Waals surface area contributed by atoms with Gasteiger partial charge in [0.05, 0.1) is 5.56 Å². The number of rotatable bonds is 4. The molecule has 2 aromatic rings. The van der Waals surface area contributed by atoms with Crippen molar-refractivity contribution < 1.29 is 14.6 Å². The Bertz CT molecular complexity index is 544. The molecule has 0 fully saturated rings. The highest BCUT2D eigenvalue weighted by Gasteiger charge is 2.06. The van der Waals surface area contributed by atoms with E-state index in [9.17, 15) is 9.90 Å². The highest BCUT2D eigenvalue weighted by atomic mass is 16.5. The monoisotopic (exact) mass is 242 g/mol. The molecule has 92 valence electrons. The summed E-state index contributed by atoms with van der Waals surface area (Å²) in [6.07, 6.45) is 0.791. The van der Waals surface area contributed by atoms with Crippen LogP contribution in [0.15, 0.2) is 42.5 Å². The highest BCUT2D eigenvalue weighted by Crippen LogP contribution is 2.23. The van der Waals surface area contributed by atoms with E-state index in [-0.39, 0.29) is 5.75 Å². The van der Waals surface area contributed by atoms with Crippen LogP contribution in [0.1, 0.15) is 21.5 Å². The number of phenolic OH excluding ortho intramolecular Hbond substituents is 1. The van der Waals surface area contributed by atoms with E-state index in [1.54, 1.807) is 30.3 Å². The number of benzene rings is 2. The van der Waals surface area contributed by atoms with E-state index < -0.39 is 0 Å². The standard InChI is InChI=1S/C15H14O3/c1-11-3-2-4-13(9-16)15(11)18-10-12-5-7-14(17)8-6-12/h2-9,17H,10H2,1H3. The first-order chi connectivity index (χ1) is 8.70. The summed E-state index contributed by atoms with van der Waals surface area (Å²) in [5.74, 6) is 0.837. The van der Waals surface area contributed by atoms with Crippen LogP contribution in [0.3, 0.4) is 0 Å². The van der Waals surface area contributed by atoms with Crippen LogP contribution < -0.4 is 4.74 Å². The Labute approximate surface area is 106 Å². The molecule has 0 aliphatic heterocycles. The molecule has 2 aromatic carbocycles. The normalized spacial score (nSPS) is 10.1. The summed E-state index contributed by atoms with van der Waals surface area (Å²) < 4.78 is 5.67. The van der Waals surface area contributed by atoms with Gasteiger partial charge in [0.15, 0.2) is 6.29 Å².